The fraction of sp³-hybridized carbons (Fsp3) is 0.381. The zero-order valence-electron chi connectivity index (χ0n) is 18.3. The van der Waals surface area contributed by atoms with Gasteiger partial charge in [-0.1, -0.05) is 6.07 Å². The predicted octanol–water partition coefficient (Wildman–Crippen LogP) is 3.80. The van der Waals surface area contributed by atoms with Crippen molar-refractivity contribution in [3.05, 3.63) is 53.2 Å². The van der Waals surface area contributed by atoms with Crippen LogP contribution in [0.4, 0.5) is 22.0 Å². The molecule has 0 spiro atoms. The summed E-state index contributed by atoms with van der Waals surface area (Å²) in [6.07, 6.45) is -1.87. The van der Waals surface area contributed by atoms with E-state index in [0.717, 1.165) is 24.5 Å². The Balaban J connectivity index is 1.91. The van der Waals surface area contributed by atoms with Gasteiger partial charge >= 0.3 is 6.18 Å². The third-order valence-electron chi connectivity index (χ3n) is 5.35. The summed E-state index contributed by atoms with van der Waals surface area (Å²) in [6.45, 7) is 2.66. The molecule has 1 aliphatic rings. The van der Waals surface area contributed by atoms with E-state index in [1.165, 1.54) is 32.9 Å². The smallest absolute Gasteiger partial charge is 0.422 e. The van der Waals surface area contributed by atoms with Gasteiger partial charge in [0.25, 0.3) is 0 Å². The summed E-state index contributed by atoms with van der Waals surface area (Å²) in [5, 5.41) is 0. The molecule has 1 unspecified atom stereocenters. The Bertz CT molecular complexity index is 1260. The summed E-state index contributed by atoms with van der Waals surface area (Å²) in [6, 6.07) is 3.54. The molecule has 2 aromatic rings. The van der Waals surface area contributed by atoms with E-state index >= 15 is 0 Å². The molecule has 34 heavy (non-hydrogen) atoms. The second-order valence-electron chi connectivity index (χ2n) is 8.42. The maximum atomic E-state index is 14.7. The van der Waals surface area contributed by atoms with E-state index in [2.05, 4.69) is 19.7 Å². The average molecular weight is 504 g/mol. The molecule has 1 aromatic heterocycles. The van der Waals surface area contributed by atoms with E-state index < -0.39 is 56.2 Å². The van der Waals surface area contributed by atoms with Crippen molar-refractivity contribution in [3.8, 4) is 5.88 Å². The maximum absolute atomic E-state index is 14.7. The quantitative estimate of drug-likeness (QED) is 0.621. The molecule has 0 bridgehead atoms. The number of amidine groups is 1. The Labute approximate surface area is 192 Å². The number of aliphatic imine (C=N–C) groups is 1. The van der Waals surface area contributed by atoms with Gasteiger partial charge in [0, 0.05) is 5.56 Å². The predicted molar refractivity (Wildman–Crippen MR) is 116 cm³/mol. The van der Waals surface area contributed by atoms with E-state index in [-0.39, 0.29) is 22.7 Å². The standard InChI is InChI=1S/C21H21F5N4O3S/c1-19(2)18(27)30-20(3,11-34(19,31)32)13-6-12(4-5-14(13)22)7-15(23)16-8-29-17(9-28-16)33-10-21(24,25)26/h4-9H,10-11H2,1-3H3,(H2,27,30). The van der Waals surface area contributed by atoms with Gasteiger partial charge in [-0.3, -0.25) is 4.99 Å². The Morgan fingerprint density at radius 1 is 1.21 bits per heavy atom. The highest BCUT2D eigenvalue weighted by Crippen LogP contribution is 2.38. The van der Waals surface area contributed by atoms with Crippen molar-refractivity contribution in [3.63, 3.8) is 0 Å². The van der Waals surface area contributed by atoms with E-state index in [0.29, 0.717) is 0 Å². The van der Waals surface area contributed by atoms with Crippen molar-refractivity contribution in [1.82, 2.24) is 9.97 Å². The zero-order valence-corrected chi connectivity index (χ0v) is 19.1. The number of hydrogen-bond donors (Lipinski definition) is 1. The second-order valence-corrected chi connectivity index (χ2v) is 11.0. The van der Waals surface area contributed by atoms with Crippen molar-refractivity contribution in [1.29, 1.82) is 0 Å². The Morgan fingerprint density at radius 3 is 2.44 bits per heavy atom. The van der Waals surface area contributed by atoms with E-state index in [4.69, 9.17) is 5.73 Å². The lowest BCUT2D eigenvalue weighted by Gasteiger charge is -2.38. The molecule has 0 amide bonds. The largest absolute Gasteiger partial charge is 0.467 e. The molecule has 0 saturated heterocycles. The molecular weight excluding hydrogens is 483 g/mol. The Hall–Kier alpha value is -3.09. The van der Waals surface area contributed by atoms with Gasteiger partial charge in [0.1, 0.15) is 27.6 Å². The first-order valence-corrected chi connectivity index (χ1v) is 11.5. The molecule has 2 heterocycles. The van der Waals surface area contributed by atoms with Crippen LogP contribution in [-0.2, 0) is 15.4 Å². The molecular formula is C21H21F5N4O3S. The summed E-state index contributed by atoms with van der Waals surface area (Å²) < 4.78 is 94.5. The molecule has 0 fully saturated rings. The minimum Gasteiger partial charge on any atom is -0.467 e. The number of rotatable bonds is 5. The lowest BCUT2D eigenvalue weighted by molar-refractivity contribution is -0.154. The SMILES string of the molecule is CC1(c2cc(C=C(F)c3cnc(OCC(F)(F)F)cn3)ccc2F)CS(=O)(=O)C(C)(C)C(N)=N1. The molecule has 0 saturated carbocycles. The number of benzene rings is 1. The van der Waals surface area contributed by atoms with Crippen LogP contribution in [0.5, 0.6) is 5.88 Å². The summed E-state index contributed by atoms with van der Waals surface area (Å²) >= 11 is 0. The molecule has 1 aromatic carbocycles. The molecule has 0 radical (unpaired) electrons. The number of aromatic nitrogens is 2. The van der Waals surface area contributed by atoms with Crippen LogP contribution in [-0.4, -0.2) is 47.5 Å². The average Bonchev–Trinajstić information content (AvgIpc) is 2.71. The lowest BCUT2D eigenvalue weighted by atomic mass is 9.91. The molecule has 3 rings (SSSR count). The fourth-order valence-electron chi connectivity index (χ4n) is 3.22. The zero-order chi connectivity index (χ0) is 25.5. The normalized spacial score (nSPS) is 22.2. The number of hydrogen-bond acceptors (Lipinski definition) is 7. The van der Waals surface area contributed by atoms with E-state index in [9.17, 15) is 30.4 Å². The number of nitrogens with two attached hydrogens (primary N) is 1. The van der Waals surface area contributed by atoms with Crippen molar-refractivity contribution >= 4 is 27.6 Å². The van der Waals surface area contributed by atoms with Gasteiger partial charge in [0.05, 0.1) is 18.1 Å². The Kier molecular flexibility index (Phi) is 6.46. The third-order valence-corrected chi connectivity index (χ3v) is 8.06. The first-order valence-electron chi connectivity index (χ1n) is 9.81. The maximum Gasteiger partial charge on any atom is 0.422 e. The monoisotopic (exact) mass is 504 g/mol. The van der Waals surface area contributed by atoms with Crippen LogP contribution < -0.4 is 10.5 Å². The fourth-order valence-corrected chi connectivity index (χ4v) is 4.90. The molecule has 2 N–H and O–H groups in total. The highest BCUT2D eigenvalue weighted by molar-refractivity contribution is 7.93. The third kappa shape index (κ3) is 5.18. The van der Waals surface area contributed by atoms with Gasteiger partial charge in [-0.25, -0.2) is 27.2 Å². The first kappa shape index (κ1) is 25.5. The lowest BCUT2D eigenvalue weighted by Crippen LogP contribution is -2.55. The minimum atomic E-state index is -4.56. The van der Waals surface area contributed by atoms with Crippen molar-refractivity contribution in [2.75, 3.05) is 12.4 Å². The number of ether oxygens (including phenoxy) is 1. The summed E-state index contributed by atoms with van der Waals surface area (Å²) in [5.41, 5.74) is 4.10. The van der Waals surface area contributed by atoms with Crippen LogP contribution in [0.15, 0.2) is 35.6 Å². The number of sulfone groups is 1. The summed E-state index contributed by atoms with van der Waals surface area (Å²) in [4.78, 5) is 11.5. The van der Waals surface area contributed by atoms with Crippen LogP contribution >= 0.6 is 0 Å². The number of alkyl halides is 3. The van der Waals surface area contributed by atoms with Gasteiger partial charge in [0.2, 0.25) is 5.88 Å². The van der Waals surface area contributed by atoms with Gasteiger partial charge < -0.3 is 10.5 Å². The molecule has 1 atom stereocenters. The van der Waals surface area contributed by atoms with Crippen molar-refractivity contribution in [2.24, 2.45) is 10.7 Å². The first-order chi connectivity index (χ1) is 15.5. The highest BCUT2D eigenvalue weighted by atomic mass is 32.2. The summed E-state index contributed by atoms with van der Waals surface area (Å²) in [5.74, 6) is -2.79. The van der Waals surface area contributed by atoms with Crippen LogP contribution in [0.2, 0.25) is 0 Å². The topological polar surface area (TPSA) is 108 Å². The second kappa shape index (κ2) is 8.60. The van der Waals surface area contributed by atoms with E-state index in [1.807, 2.05) is 0 Å². The van der Waals surface area contributed by atoms with Crippen molar-refractivity contribution < 1.29 is 35.1 Å². The minimum absolute atomic E-state index is 0.0990. The number of halogens is 5. The van der Waals surface area contributed by atoms with Crippen LogP contribution in [0.3, 0.4) is 0 Å². The van der Waals surface area contributed by atoms with Gasteiger partial charge in [0.15, 0.2) is 22.3 Å². The van der Waals surface area contributed by atoms with Gasteiger partial charge in [-0.15, -0.1) is 0 Å². The summed E-state index contributed by atoms with van der Waals surface area (Å²) in [7, 11) is -3.79. The van der Waals surface area contributed by atoms with Crippen LogP contribution in [0.25, 0.3) is 11.9 Å². The van der Waals surface area contributed by atoms with Crippen LogP contribution in [0.1, 0.15) is 37.6 Å². The van der Waals surface area contributed by atoms with Gasteiger partial charge in [-0.05, 0) is 44.5 Å². The molecule has 184 valence electrons. The Morgan fingerprint density at radius 2 is 1.88 bits per heavy atom. The van der Waals surface area contributed by atoms with Crippen LogP contribution in [0, 0.1) is 5.82 Å². The van der Waals surface area contributed by atoms with Crippen molar-refractivity contribution in [2.45, 2.75) is 37.2 Å². The highest BCUT2D eigenvalue weighted by Gasteiger charge is 2.49. The van der Waals surface area contributed by atoms with Gasteiger partial charge in [-0.2, -0.15) is 13.2 Å². The number of nitrogens with zero attached hydrogens (tertiary/aromatic N) is 3. The molecule has 0 aliphatic carbocycles. The molecule has 1 aliphatic heterocycles. The molecule has 7 nitrogen and oxygen atoms in total. The molecule has 13 heteroatoms. The van der Waals surface area contributed by atoms with E-state index in [1.54, 1.807) is 0 Å².